The molecule has 2 aromatic carbocycles. The molecule has 3 rings (SSSR count). The Labute approximate surface area is 179 Å². The topological polar surface area (TPSA) is 74.8 Å². The third-order valence-corrected chi connectivity index (χ3v) is 7.90. The van der Waals surface area contributed by atoms with Crippen molar-refractivity contribution in [1.82, 2.24) is 9.21 Å². The fourth-order valence-corrected chi connectivity index (χ4v) is 5.62. The Morgan fingerprint density at radius 3 is 2.17 bits per heavy atom. The zero-order valence-corrected chi connectivity index (χ0v) is 18.6. The molecule has 1 amide bonds. The van der Waals surface area contributed by atoms with Gasteiger partial charge in [-0.2, -0.15) is 4.31 Å². The van der Waals surface area contributed by atoms with Gasteiger partial charge in [-0.05, 0) is 35.0 Å². The van der Waals surface area contributed by atoms with Gasteiger partial charge in [0.2, 0.25) is 15.9 Å². The first-order chi connectivity index (χ1) is 13.8. The van der Waals surface area contributed by atoms with Crippen LogP contribution in [0.3, 0.4) is 0 Å². The predicted octanol–water partition coefficient (Wildman–Crippen LogP) is 3.25. The van der Waals surface area contributed by atoms with Gasteiger partial charge in [-0.15, -0.1) is 0 Å². The Bertz CT molecular complexity index is 998. The summed E-state index contributed by atoms with van der Waals surface area (Å²) < 4.78 is 27.6. The van der Waals surface area contributed by atoms with Gasteiger partial charge in [-0.25, -0.2) is 8.42 Å². The number of carbonyl (C=O) groups is 2. The van der Waals surface area contributed by atoms with Gasteiger partial charge in [-0.1, -0.05) is 42.0 Å². The lowest BCUT2D eigenvalue weighted by Crippen LogP contribution is -2.50. The van der Waals surface area contributed by atoms with Crippen LogP contribution in [-0.4, -0.2) is 55.5 Å². The molecule has 1 fully saturated rings. The van der Waals surface area contributed by atoms with Crippen molar-refractivity contribution in [1.29, 1.82) is 0 Å². The van der Waals surface area contributed by atoms with E-state index < -0.39 is 10.0 Å². The average Bonchev–Trinajstić information content (AvgIpc) is 2.72. The van der Waals surface area contributed by atoms with Crippen LogP contribution in [0.2, 0.25) is 0 Å². The number of halogens is 1. The second-order valence-corrected chi connectivity index (χ2v) is 9.77. The number of benzene rings is 2. The molecule has 8 heteroatoms. The Morgan fingerprint density at radius 2 is 1.55 bits per heavy atom. The first-order valence-corrected chi connectivity index (χ1v) is 11.6. The summed E-state index contributed by atoms with van der Waals surface area (Å²) in [7, 11) is -3.61. The summed E-state index contributed by atoms with van der Waals surface area (Å²) in [6, 6.07) is 14.0. The molecule has 0 aromatic heterocycles. The summed E-state index contributed by atoms with van der Waals surface area (Å²) in [5.41, 5.74) is 1.68. The molecule has 1 aliphatic heterocycles. The lowest BCUT2D eigenvalue weighted by molar-refractivity contribution is -0.132. The predicted molar refractivity (Wildman–Crippen MR) is 114 cm³/mol. The summed E-state index contributed by atoms with van der Waals surface area (Å²) in [5, 5.41) is 0. The van der Waals surface area contributed by atoms with Crippen LogP contribution in [0.4, 0.5) is 0 Å². The maximum atomic E-state index is 12.8. The van der Waals surface area contributed by atoms with E-state index in [0.717, 1.165) is 5.56 Å². The standard InChI is InChI=1S/C21H23BrN2O4S/c1-16-6-8-17(9-7-16)19(25)10-11-21(26)23-12-14-24(15-13-23)29(27,28)20-5-3-2-4-18(20)22/h2-9H,10-15H2,1H3. The highest BCUT2D eigenvalue weighted by molar-refractivity contribution is 9.10. The SMILES string of the molecule is Cc1ccc(C(=O)CCC(=O)N2CCN(S(=O)(=O)c3ccccc3Br)CC2)cc1. The maximum Gasteiger partial charge on any atom is 0.244 e. The van der Waals surface area contributed by atoms with Crippen molar-refractivity contribution < 1.29 is 18.0 Å². The molecule has 0 bridgehead atoms. The minimum atomic E-state index is -3.61. The van der Waals surface area contributed by atoms with E-state index in [0.29, 0.717) is 23.1 Å². The fourth-order valence-electron chi connectivity index (χ4n) is 3.23. The van der Waals surface area contributed by atoms with Crippen LogP contribution in [0.5, 0.6) is 0 Å². The lowest BCUT2D eigenvalue weighted by Gasteiger charge is -2.34. The molecule has 0 saturated carbocycles. The number of hydrogen-bond donors (Lipinski definition) is 0. The van der Waals surface area contributed by atoms with Crippen LogP contribution < -0.4 is 0 Å². The van der Waals surface area contributed by atoms with E-state index in [4.69, 9.17) is 0 Å². The molecule has 154 valence electrons. The molecule has 0 atom stereocenters. The second kappa shape index (κ2) is 9.19. The second-order valence-electron chi connectivity index (χ2n) is 7.00. The van der Waals surface area contributed by atoms with Gasteiger partial charge in [0.25, 0.3) is 0 Å². The summed E-state index contributed by atoms with van der Waals surface area (Å²) in [4.78, 5) is 26.6. The molecule has 0 unspecified atom stereocenters. The number of amides is 1. The first-order valence-electron chi connectivity index (χ1n) is 9.41. The molecule has 0 spiro atoms. The molecule has 29 heavy (non-hydrogen) atoms. The van der Waals surface area contributed by atoms with Crippen molar-refractivity contribution in [2.24, 2.45) is 0 Å². The Hall–Kier alpha value is -2.03. The third-order valence-electron chi connectivity index (χ3n) is 4.99. The number of hydrogen-bond acceptors (Lipinski definition) is 4. The van der Waals surface area contributed by atoms with Crippen molar-refractivity contribution >= 4 is 37.6 Å². The Morgan fingerprint density at radius 1 is 0.931 bits per heavy atom. The molecular weight excluding hydrogens is 456 g/mol. The summed E-state index contributed by atoms with van der Waals surface area (Å²) in [5.74, 6) is -0.183. The zero-order chi connectivity index (χ0) is 21.0. The number of sulfonamides is 1. The molecule has 1 aliphatic rings. The number of Topliss-reactive ketones (excluding diaryl/α,β-unsaturated/α-hetero) is 1. The third kappa shape index (κ3) is 5.12. The Balaban J connectivity index is 1.53. The minimum Gasteiger partial charge on any atom is -0.340 e. The molecule has 6 nitrogen and oxygen atoms in total. The summed E-state index contributed by atoms with van der Waals surface area (Å²) in [6.45, 7) is 3.07. The van der Waals surface area contributed by atoms with E-state index >= 15 is 0 Å². The largest absolute Gasteiger partial charge is 0.340 e. The van der Waals surface area contributed by atoms with Crippen molar-refractivity contribution in [2.75, 3.05) is 26.2 Å². The van der Waals surface area contributed by atoms with Gasteiger partial charge in [0.15, 0.2) is 5.78 Å². The first kappa shape index (κ1) is 21.7. The van der Waals surface area contributed by atoms with E-state index in [9.17, 15) is 18.0 Å². The van der Waals surface area contributed by atoms with Crippen LogP contribution in [0, 0.1) is 6.92 Å². The summed E-state index contributed by atoms with van der Waals surface area (Å²) >= 11 is 3.29. The number of carbonyl (C=O) groups excluding carboxylic acids is 2. The summed E-state index contributed by atoms with van der Waals surface area (Å²) in [6.07, 6.45) is 0.279. The van der Waals surface area contributed by atoms with Crippen LogP contribution >= 0.6 is 15.9 Å². The quantitative estimate of drug-likeness (QED) is 0.597. The van der Waals surface area contributed by atoms with E-state index in [-0.39, 0.29) is 42.5 Å². The van der Waals surface area contributed by atoms with Crippen LogP contribution in [0.1, 0.15) is 28.8 Å². The van der Waals surface area contributed by atoms with Crippen LogP contribution in [-0.2, 0) is 14.8 Å². The molecule has 1 saturated heterocycles. The highest BCUT2D eigenvalue weighted by atomic mass is 79.9. The number of ketones is 1. The smallest absolute Gasteiger partial charge is 0.244 e. The monoisotopic (exact) mass is 478 g/mol. The van der Waals surface area contributed by atoms with E-state index in [1.54, 1.807) is 41.3 Å². The maximum absolute atomic E-state index is 12.8. The molecule has 0 aliphatic carbocycles. The molecule has 0 N–H and O–H groups in total. The van der Waals surface area contributed by atoms with Gasteiger partial charge in [0.05, 0.1) is 4.90 Å². The van der Waals surface area contributed by atoms with Crippen molar-refractivity contribution in [3.63, 3.8) is 0 Å². The van der Waals surface area contributed by atoms with Gasteiger partial charge < -0.3 is 4.90 Å². The van der Waals surface area contributed by atoms with Crippen molar-refractivity contribution in [2.45, 2.75) is 24.7 Å². The Kier molecular flexibility index (Phi) is 6.87. The van der Waals surface area contributed by atoms with E-state index in [2.05, 4.69) is 15.9 Å². The lowest BCUT2D eigenvalue weighted by atomic mass is 10.0. The normalized spacial score (nSPS) is 15.3. The van der Waals surface area contributed by atoms with Gasteiger partial charge in [0.1, 0.15) is 0 Å². The fraction of sp³-hybridized carbons (Fsp3) is 0.333. The highest BCUT2D eigenvalue weighted by Gasteiger charge is 2.31. The minimum absolute atomic E-state index is 0.0616. The average molecular weight is 479 g/mol. The number of piperazine rings is 1. The number of aryl methyl sites for hydroxylation is 1. The van der Waals surface area contributed by atoms with E-state index in [1.165, 1.54) is 4.31 Å². The zero-order valence-electron chi connectivity index (χ0n) is 16.2. The molecule has 0 radical (unpaired) electrons. The molecular formula is C21H23BrN2O4S. The van der Waals surface area contributed by atoms with Gasteiger partial charge >= 0.3 is 0 Å². The molecule has 1 heterocycles. The van der Waals surface area contributed by atoms with Crippen LogP contribution in [0.15, 0.2) is 57.9 Å². The van der Waals surface area contributed by atoms with Crippen LogP contribution in [0.25, 0.3) is 0 Å². The number of nitrogens with zero attached hydrogens (tertiary/aromatic N) is 2. The van der Waals surface area contributed by atoms with E-state index in [1.807, 2.05) is 19.1 Å². The molecule has 2 aromatic rings. The van der Waals surface area contributed by atoms with Crippen molar-refractivity contribution in [3.05, 3.63) is 64.1 Å². The van der Waals surface area contributed by atoms with Crippen molar-refractivity contribution in [3.8, 4) is 0 Å². The van der Waals surface area contributed by atoms with Gasteiger partial charge in [0, 0.05) is 49.1 Å². The highest BCUT2D eigenvalue weighted by Crippen LogP contribution is 2.25. The number of rotatable bonds is 6. The van der Waals surface area contributed by atoms with Gasteiger partial charge in [-0.3, -0.25) is 9.59 Å².